The van der Waals surface area contributed by atoms with E-state index in [-0.39, 0.29) is 51.0 Å². The first-order valence-electron chi connectivity index (χ1n) is 9.62. The molecular weight excluding hydrogens is 674 g/mol. The number of hydrogen-bond donors (Lipinski definition) is 0. The zero-order valence-electron chi connectivity index (χ0n) is 21.3. The number of halogens is 14. The molecule has 0 saturated heterocycles. The van der Waals surface area contributed by atoms with Gasteiger partial charge in [-0.25, -0.2) is 0 Å². The predicted molar refractivity (Wildman–Crippen MR) is 106 cm³/mol. The van der Waals surface area contributed by atoms with E-state index in [0.717, 1.165) is 0 Å². The topological polar surface area (TPSA) is 112 Å². The van der Waals surface area contributed by atoms with Crippen LogP contribution in [0.3, 0.4) is 0 Å². The quantitative estimate of drug-likeness (QED) is 0.180. The summed E-state index contributed by atoms with van der Waals surface area (Å²) in [5.74, 6) is -33.5. The Balaban J connectivity index is -0.000000309. The molecule has 0 aliphatic heterocycles. The minimum Gasteiger partial charge on any atom is -0.875 e. The Morgan fingerprint density at radius 3 is 0.800 bits per heavy atom. The molecule has 0 heterocycles. The number of rotatable bonds is 6. The summed E-state index contributed by atoms with van der Waals surface area (Å²) in [7, 11) is 0. The zero-order valence-corrected chi connectivity index (χ0v) is 24.8. The molecule has 0 aromatic heterocycles. The second-order valence-corrected chi connectivity index (χ2v) is 9.54. The van der Waals surface area contributed by atoms with E-state index < -0.39 is 82.1 Å². The van der Waals surface area contributed by atoms with Crippen molar-refractivity contribution in [3.63, 3.8) is 0 Å². The predicted octanol–water partition coefficient (Wildman–Crippen LogP) is 4.15. The second kappa shape index (κ2) is 13.9. The van der Waals surface area contributed by atoms with Gasteiger partial charge in [-0.1, -0.05) is 41.5 Å². The fourth-order valence-corrected chi connectivity index (χ4v) is 1.52. The van der Waals surface area contributed by atoms with E-state index in [2.05, 4.69) is 0 Å². The largest absolute Gasteiger partial charge is 2.00 e. The Bertz CT molecular complexity index is 861. The Morgan fingerprint density at radius 1 is 0.500 bits per heavy atom. The normalized spacial score (nSPS) is 14.8. The molecule has 0 atom stereocenters. The van der Waals surface area contributed by atoms with E-state index in [1.165, 1.54) is 41.5 Å². The van der Waals surface area contributed by atoms with Crippen LogP contribution in [-0.2, 0) is 9.59 Å². The molecule has 0 aliphatic rings. The van der Waals surface area contributed by atoms with Gasteiger partial charge >= 0.3 is 81.5 Å². The maximum absolute atomic E-state index is 12.8. The first-order valence-corrected chi connectivity index (χ1v) is 9.62. The van der Waals surface area contributed by atoms with Crippen molar-refractivity contribution in [2.24, 2.45) is 10.8 Å². The first kappa shape index (κ1) is 45.9. The molecule has 232 valence electrons. The number of carbonyl (C=O) groups is 2. The van der Waals surface area contributed by atoms with Gasteiger partial charge in [-0.15, -0.1) is 11.5 Å². The van der Waals surface area contributed by atoms with E-state index in [9.17, 15) is 81.3 Å². The average Bonchev–Trinajstić information content (AvgIpc) is 2.64. The van der Waals surface area contributed by atoms with Gasteiger partial charge in [0.15, 0.2) is 0 Å². The summed E-state index contributed by atoms with van der Waals surface area (Å²) < 4.78 is 172. The SMILES string of the molecule is CC(C)(C)C([O-])=CC(=O)C(F)(F)C(F)(F)C(F)(F)F.CC(C)(C)C([O-])=CC(=O)C(F)(F)C(F)(F)C(F)(F)F.O.[Sr+2]. The Kier molecular flexibility index (Phi) is 15.9. The standard InChI is InChI=1S/2C10H11F7O2.H2O.Sr/c2*1-7(2,3)5(18)4-6(19)8(11,12)9(13,14)10(15,16)17;;/h2*4,18H,1-3H3;1H2;/q;;;+2/p-2. The van der Waals surface area contributed by atoms with E-state index in [1.807, 2.05) is 0 Å². The van der Waals surface area contributed by atoms with Gasteiger partial charge in [0.2, 0.25) is 11.6 Å². The Labute approximate surface area is 254 Å². The third-order valence-corrected chi connectivity index (χ3v) is 4.12. The fraction of sp³-hybridized carbons (Fsp3) is 0.700. The molecule has 0 rings (SSSR count). The van der Waals surface area contributed by atoms with E-state index in [1.54, 1.807) is 0 Å². The third kappa shape index (κ3) is 10.6. The van der Waals surface area contributed by atoms with Gasteiger partial charge in [-0.3, -0.25) is 9.59 Å². The van der Waals surface area contributed by atoms with E-state index >= 15 is 0 Å². The second-order valence-electron chi connectivity index (χ2n) is 9.54. The molecule has 0 aromatic rings. The smallest absolute Gasteiger partial charge is 0.875 e. The molecule has 20 heteroatoms. The van der Waals surface area contributed by atoms with Crippen molar-refractivity contribution in [1.82, 2.24) is 0 Å². The summed E-state index contributed by atoms with van der Waals surface area (Å²) in [4.78, 5) is 21.6. The summed E-state index contributed by atoms with van der Waals surface area (Å²) >= 11 is 0. The number of allylic oxidation sites excluding steroid dienone is 4. The number of carbonyl (C=O) groups excluding carboxylic acids is 2. The van der Waals surface area contributed by atoms with Crippen LogP contribution >= 0.6 is 0 Å². The monoisotopic (exact) mass is 696 g/mol. The van der Waals surface area contributed by atoms with Gasteiger partial charge in [-0.05, 0) is 23.0 Å². The minimum absolute atomic E-state index is 0. The molecule has 0 saturated carbocycles. The first-order chi connectivity index (χ1) is 16.1. The van der Waals surface area contributed by atoms with Gasteiger partial charge in [0.25, 0.3) is 0 Å². The van der Waals surface area contributed by atoms with Gasteiger partial charge in [-0.2, -0.15) is 61.5 Å². The van der Waals surface area contributed by atoms with Crippen molar-refractivity contribution in [3.05, 3.63) is 23.7 Å². The van der Waals surface area contributed by atoms with Crippen LogP contribution in [0.2, 0.25) is 0 Å². The molecule has 0 fully saturated rings. The Morgan fingerprint density at radius 2 is 0.675 bits per heavy atom. The van der Waals surface area contributed by atoms with Crippen molar-refractivity contribution in [1.29, 1.82) is 0 Å². The van der Waals surface area contributed by atoms with Gasteiger partial charge in [0.05, 0.1) is 0 Å². The number of ketones is 2. The summed E-state index contributed by atoms with van der Waals surface area (Å²) in [6.07, 6.45) is -14.1. The maximum atomic E-state index is 12.8. The van der Waals surface area contributed by atoms with Crippen molar-refractivity contribution < 1.29 is 86.7 Å². The van der Waals surface area contributed by atoms with Crippen molar-refractivity contribution in [2.75, 3.05) is 0 Å². The molecule has 5 nitrogen and oxygen atoms in total. The molecular formula is C20H22F14O5Sr. The van der Waals surface area contributed by atoms with Crippen molar-refractivity contribution in [3.8, 4) is 0 Å². The van der Waals surface area contributed by atoms with Crippen LogP contribution in [0, 0.1) is 10.8 Å². The summed E-state index contributed by atoms with van der Waals surface area (Å²) in [5, 5.41) is 22.3. The van der Waals surface area contributed by atoms with Gasteiger partial charge < -0.3 is 15.7 Å². The fourth-order valence-electron chi connectivity index (χ4n) is 1.52. The van der Waals surface area contributed by atoms with Crippen LogP contribution < -0.4 is 10.2 Å². The minimum atomic E-state index is -6.61. The number of alkyl halides is 14. The van der Waals surface area contributed by atoms with E-state index in [4.69, 9.17) is 0 Å². The van der Waals surface area contributed by atoms with Crippen LogP contribution in [0.5, 0.6) is 0 Å². The maximum Gasteiger partial charge on any atom is 2.00 e. The van der Waals surface area contributed by atoms with Crippen LogP contribution in [-0.4, -0.2) is 98.6 Å². The van der Waals surface area contributed by atoms with Gasteiger partial charge in [0.1, 0.15) is 0 Å². The van der Waals surface area contributed by atoms with Crippen molar-refractivity contribution >= 4 is 57.0 Å². The molecule has 0 bridgehead atoms. The van der Waals surface area contributed by atoms with Crippen LogP contribution in [0.1, 0.15) is 41.5 Å². The summed E-state index contributed by atoms with van der Waals surface area (Å²) in [5.41, 5.74) is -2.72. The molecule has 0 amide bonds. The third-order valence-electron chi connectivity index (χ3n) is 4.12. The molecule has 2 N–H and O–H groups in total. The van der Waals surface area contributed by atoms with Crippen LogP contribution in [0.25, 0.3) is 0 Å². The zero-order chi connectivity index (χ0) is 31.7. The summed E-state index contributed by atoms with van der Waals surface area (Å²) in [6.45, 7) is 7.08. The molecule has 0 spiro atoms. The number of hydrogen-bond acceptors (Lipinski definition) is 4. The van der Waals surface area contributed by atoms with Crippen molar-refractivity contribution in [2.45, 2.75) is 77.6 Å². The molecule has 0 radical (unpaired) electrons. The average molecular weight is 696 g/mol. The molecule has 0 aromatic carbocycles. The summed E-state index contributed by atoms with van der Waals surface area (Å²) in [6, 6.07) is 0. The van der Waals surface area contributed by atoms with Crippen LogP contribution in [0.4, 0.5) is 61.5 Å². The Hall–Kier alpha value is -1.12. The van der Waals surface area contributed by atoms with Gasteiger partial charge in [0, 0.05) is 0 Å². The molecule has 0 unspecified atom stereocenters. The molecule has 0 aliphatic carbocycles. The molecule has 40 heavy (non-hydrogen) atoms. The van der Waals surface area contributed by atoms with E-state index in [0.29, 0.717) is 0 Å². The van der Waals surface area contributed by atoms with Crippen LogP contribution in [0.15, 0.2) is 23.7 Å².